The van der Waals surface area contributed by atoms with Gasteiger partial charge in [-0.25, -0.2) is 0 Å². The zero-order chi connectivity index (χ0) is 18.1. The average molecular weight is 343 g/mol. The van der Waals surface area contributed by atoms with Crippen LogP contribution in [0.3, 0.4) is 0 Å². The summed E-state index contributed by atoms with van der Waals surface area (Å²) in [4.78, 5) is 14.1. The van der Waals surface area contributed by atoms with Crippen molar-refractivity contribution in [1.29, 1.82) is 5.26 Å². The topological polar surface area (TPSA) is 74.6 Å². The summed E-state index contributed by atoms with van der Waals surface area (Å²) in [6.07, 6.45) is 5.44. The van der Waals surface area contributed by atoms with Crippen molar-refractivity contribution >= 4 is 5.91 Å². The second-order valence-electron chi connectivity index (χ2n) is 5.92. The van der Waals surface area contributed by atoms with E-state index >= 15 is 0 Å². The average Bonchev–Trinajstić information content (AvgIpc) is 2.68. The number of hydrogen-bond acceptors (Lipinski definition) is 5. The van der Waals surface area contributed by atoms with Crippen molar-refractivity contribution in [1.82, 2.24) is 10.2 Å². The number of rotatable bonds is 7. The Morgan fingerprint density at radius 2 is 1.96 bits per heavy atom. The maximum absolute atomic E-state index is 12.3. The summed E-state index contributed by atoms with van der Waals surface area (Å²) in [5, 5.41) is 12.3. The van der Waals surface area contributed by atoms with Crippen LogP contribution in [-0.4, -0.2) is 44.7 Å². The molecule has 0 spiro atoms. The first-order valence-corrected chi connectivity index (χ1v) is 8.53. The number of amides is 1. The highest BCUT2D eigenvalue weighted by Crippen LogP contribution is 2.27. The number of piperidine rings is 1. The highest BCUT2D eigenvalue weighted by Gasteiger charge is 2.19. The number of carbonyl (C=O) groups is 1. The zero-order valence-electron chi connectivity index (χ0n) is 14.9. The predicted octanol–water partition coefficient (Wildman–Crippen LogP) is 2.26. The van der Waals surface area contributed by atoms with Crippen LogP contribution in [0.25, 0.3) is 0 Å². The first kappa shape index (κ1) is 18.7. The lowest BCUT2D eigenvalue weighted by Gasteiger charge is -2.26. The molecule has 6 heteroatoms. The van der Waals surface area contributed by atoms with Gasteiger partial charge >= 0.3 is 0 Å². The fraction of sp³-hybridized carbons (Fsp3) is 0.474. The number of hydrogen-bond donors (Lipinski definition) is 1. The van der Waals surface area contributed by atoms with Crippen LogP contribution in [0.1, 0.15) is 24.8 Å². The van der Waals surface area contributed by atoms with Crippen LogP contribution in [0.4, 0.5) is 0 Å². The molecule has 0 saturated carbocycles. The number of likely N-dealkylation sites (tertiary alicyclic amines) is 1. The molecule has 1 aromatic carbocycles. The molecule has 6 nitrogen and oxygen atoms in total. The Morgan fingerprint density at radius 3 is 2.60 bits per heavy atom. The quantitative estimate of drug-likeness (QED) is 0.467. The van der Waals surface area contributed by atoms with Crippen LogP contribution < -0.4 is 14.8 Å². The molecule has 1 aliphatic heterocycles. The van der Waals surface area contributed by atoms with Crippen molar-refractivity contribution < 1.29 is 14.3 Å². The molecule has 2 rings (SSSR count). The van der Waals surface area contributed by atoms with E-state index < -0.39 is 0 Å². The standard InChI is InChI=1S/C19H25N3O3/c1-24-17-7-6-15(12-18(17)25-2)8-9-21-14-16(13-20)19(23)22-10-4-3-5-11-22/h6-7,12,14,21H,3-5,8-11H2,1-2H3/b16-14-. The SMILES string of the molecule is COc1ccc(CCN/C=C(/C#N)C(=O)N2CCCCC2)cc1OC. The third-order valence-electron chi connectivity index (χ3n) is 4.25. The van der Waals surface area contributed by atoms with Crippen molar-refractivity contribution in [3.8, 4) is 17.6 Å². The summed E-state index contributed by atoms with van der Waals surface area (Å²) in [5.41, 5.74) is 1.24. The number of nitrogens with zero attached hydrogens (tertiary/aromatic N) is 2. The van der Waals surface area contributed by atoms with Crippen LogP contribution in [0.5, 0.6) is 11.5 Å². The van der Waals surface area contributed by atoms with Gasteiger partial charge in [-0.3, -0.25) is 4.79 Å². The Kier molecular flexibility index (Phi) is 7.15. The molecule has 1 amide bonds. The lowest BCUT2D eigenvalue weighted by Crippen LogP contribution is -2.36. The van der Waals surface area contributed by atoms with E-state index in [1.807, 2.05) is 24.3 Å². The van der Waals surface area contributed by atoms with Gasteiger partial charge in [0.05, 0.1) is 14.2 Å². The molecule has 0 atom stereocenters. The zero-order valence-corrected chi connectivity index (χ0v) is 14.9. The fourth-order valence-electron chi connectivity index (χ4n) is 2.84. The molecule has 1 aromatic rings. The van der Waals surface area contributed by atoms with E-state index in [1.165, 1.54) is 6.20 Å². The third kappa shape index (κ3) is 5.15. The number of carbonyl (C=O) groups excluding carboxylic acids is 1. The molecule has 0 radical (unpaired) electrons. The van der Waals surface area contributed by atoms with E-state index in [1.54, 1.807) is 19.1 Å². The molecular formula is C19H25N3O3. The Morgan fingerprint density at radius 1 is 1.24 bits per heavy atom. The van der Waals surface area contributed by atoms with E-state index in [-0.39, 0.29) is 11.5 Å². The number of ether oxygens (including phenoxy) is 2. The minimum Gasteiger partial charge on any atom is -0.493 e. The van der Waals surface area contributed by atoms with Gasteiger partial charge in [-0.1, -0.05) is 6.07 Å². The van der Waals surface area contributed by atoms with E-state index in [0.29, 0.717) is 18.0 Å². The van der Waals surface area contributed by atoms with Gasteiger partial charge in [0.2, 0.25) is 0 Å². The van der Waals surface area contributed by atoms with Crippen molar-refractivity contribution in [2.45, 2.75) is 25.7 Å². The first-order chi connectivity index (χ1) is 12.2. The monoisotopic (exact) mass is 343 g/mol. The van der Waals surface area contributed by atoms with Crippen LogP contribution in [0, 0.1) is 11.3 Å². The second-order valence-corrected chi connectivity index (χ2v) is 5.92. The molecule has 1 N–H and O–H groups in total. The van der Waals surface area contributed by atoms with Gasteiger partial charge in [-0.2, -0.15) is 5.26 Å². The Bertz CT molecular complexity index is 658. The summed E-state index contributed by atoms with van der Waals surface area (Å²) < 4.78 is 10.5. The van der Waals surface area contributed by atoms with E-state index in [9.17, 15) is 10.1 Å². The Hall–Kier alpha value is -2.68. The van der Waals surface area contributed by atoms with Crippen molar-refractivity contribution in [2.24, 2.45) is 0 Å². The lowest BCUT2D eigenvalue weighted by atomic mass is 10.1. The Balaban J connectivity index is 1.88. The van der Waals surface area contributed by atoms with Gasteiger partial charge in [0.1, 0.15) is 11.6 Å². The largest absolute Gasteiger partial charge is 0.493 e. The molecule has 1 heterocycles. The number of benzene rings is 1. The first-order valence-electron chi connectivity index (χ1n) is 8.53. The summed E-state index contributed by atoms with van der Waals surface area (Å²) in [7, 11) is 3.21. The highest BCUT2D eigenvalue weighted by molar-refractivity contribution is 5.97. The van der Waals surface area contributed by atoms with Crippen molar-refractivity contribution in [2.75, 3.05) is 33.9 Å². The van der Waals surface area contributed by atoms with Crippen LogP contribution in [0.15, 0.2) is 30.0 Å². The van der Waals surface area contributed by atoms with Gasteiger partial charge in [-0.15, -0.1) is 0 Å². The minimum absolute atomic E-state index is 0.161. The second kappa shape index (κ2) is 9.58. The van der Waals surface area contributed by atoms with Crippen molar-refractivity contribution in [3.63, 3.8) is 0 Å². The molecule has 1 fully saturated rings. The number of nitrogens with one attached hydrogen (secondary N) is 1. The molecule has 1 saturated heterocycles. The number of methoxy groups -OCH3 is 2. The summed E-state index contributed by atoms with van der Waals surface area (Å²) in [5.74, 6) is 1.20. The smallest absolute Gasteiger partial charge is 0.265 e. The molecule has 25 heavy (non-hydrogen) atoms. The molecule has 0 unspecified atom stereocenters. The van der Waals surface area contributed by atoms with Crippen LogP contribution in [-0.2, 0) is 11.2 Å². The highest BCUT2D eigenvalue weighted by atomic mass is 16.5. The van der Waals surface area contributed by atoms with E-state index in [4.69, 9.17) is 9.47 Å². The molecule has 0 aromatic heterocycles. The fourth-order valence-corrected chi connectivity index (χ4v) is 2.84. The summed E-state index contributed by atoms with van der Waals surface area (Å²) in [6, 6.07) is 7.76. The Labute approximate surface area is 149 Å². The molecule has 0 aliphatic carbocycles. The van der Waals surface area contributed by atoms with Gasteiger partial charge in [0.15, 0.2) is 11.5 Å². The predicted molar refractivity (Wildman–Crippen MR) is 95.4 cm³/mol. The van der Waals surface area contributed by atoms with Gasteiger partial charge in [-0.05, 0) is 43.4 Å². The maximum atomic E-state index is 12.3. The normalized spacial score (nSPS) is 14.6. The van der Waals surface area contributed by atoms with Gasteiger partial charge < -0.3 is 19.7 Å². The van der Waals surface area contributed by atoms with Gasteiger partial charge in [0, 0.05) is 25.8 Å². The van der Waals surface area contributed by atoms with Crippen molar-refractivity contribution in [3.05, 3.63) is 35.5 Å². The minimum atomic E-state index is -0.180. The van der Waals surface area contributed by atoms with E-state index in [2.05, 4.69) is 5.32 Å². The lowest BCUT2D eigenvalue weighted by molar-refractivity contribution is -0.127. The number of nitriles is 1. The van der Waals surface area contributed by atoms with E-state index in [0.717, 1.165) is 44.3 Å². The maximum Gasteiger partial charge on any atom is 0.265 e. The summed E-state index contributed by atoms with van der Waals surface area (Å²) in [6.45, 7) is 2.10. The molecule has 0 bridgehead atoms. The van der Waals surface area contributed by atoms with Gasteiger partial charge in [0.25, 0.3) is 5.91 Å². The molecular weight excluding hydrogens is 318 g/mol. The van der Waals surface area contributed by atoms with Crippen LogP contribution >= 0.6 is 0 Å². The van der Waals surface area contributed by atoms with Crippen LogP contribution in [0.2, 0.25) is 0 Å². The summed E-state index contributed by atoms with van der Waals surface area (Å²) >= 11 is 0. The molecule has 1 aliphatic rings. The molecule has 134 valence electrons. The third-order valence-corrected chi connectivity index (χ3v) is 4.25.